The van der Waals surface area contributed by atoms with Crippen LogP contribution in [0, 0.1) is 0 Å². The van der Waals surface area contributed by atoms with E-state index in [2.05, 4.69) is 10.3 Å². The summed E-state index contributed by atoms with van der Waals surface area (Å²) in [4.78, 5) is 18.5. The first-order chi connectivity index (χ1) is 15.4. The van der Waals surface area contributed by atoms with Crippen LogP contribution < -0.4 is 5.32 Å². The molecule has 0 unspecified atom stereocenters. The lowest BCUT2D eigenvalue weighted by atomic mass is 9.95. The Balaban J connectivity index is 1.47. The van der Waals surface area contributed by atoms with Gasteiger partial charge < -0.3 is 14.2 Å². The Morgan fingerprint density at radius 3 is 2.41 bits per heavy atom. The summed E-state index contributed by atoms with van der Waals surface area (Å²) in [6.07, 6.45) is 4.51. The first-order valence-corrected chi connectivity index (χ1v) is 12.5. The summed E-state index contributed by atoms with van der Waals surface area (Å²) >= 11 is 1.24. The molecular formula is C22H19N3O5S2. The molecule has 0 bridgehead atoms. The monoisotopic (exact) mass is 469 g/mol. The molecule has 0 radical (unpaired) electrons. The van der Waals surface area contributed by atoms with Gasteiger partial charge in [-0.2, -0.15) is 4.31 Å². The maximum atomic E-state index is 13.2. The van der Waals surface area contributed by atoms with Crippen molar-refractivity contribution in [1.82, 2.24) is 9.29 Å². The van der Waals surface area contributed by atoms with E-state index in [1.165, 1.54) is 15.6 Å². The number of fused-ring (bicyclic) bond motifs is 1. The number of thiazole rings is 1. The third-order valence-electron chi connectivity index (χ3n) is 5.29. The normalized spacial score (nSPS) is 16.6. The van der Waals surface area contributed by atoms with Crippen molar-refractivity contribution in [2.45, 2.75) is 19.0 Å². The van der Waals surface area contributed by atoms with Crippen molar-refractivity contribution in [3.05, 3.63) is 72.2 Å². The molecule has 1 amide bonds. The first-order valence-electron chi connectivity index (χ1n) is 9.83. The molecular weight excluding hydrogens is 450 g/mol. The van der Waals surface area contributed by atoms with Gasteiger partial charge in [0.15, 0.2) is 10.9 Å². The Morgan fingerprint density at radius 1 is 1.06 bits per heavy atom. The number of nitrogens with one attached hydrogen (secondary N) is 1. The van der Waals surface area contributed by atoms with Crippen molar-refractivity contribution in [3.63, 3.8) is 0 Å². The van der Waals surface area contributed by atoms with Crippen molar-refractivity contribution in [1.29, 1.82) is 0 Å². The molecule has 4 heterocycles. The predicted octanol–water partition coefficient (Wildman–Crippen LogP) is 3.99. The van der Waals surface area contributed by atoms with Crippen LogP contribution >= 0.6 is 11.3 Å². The molecule has 4 aromatic rings. The molecule has 164 valence electrons. The number of sulfonamides is 1. The summed E-state index contributed by atoms with van der Waals surface area (Å²) in [7, 11) is -3.60. The minimum atomic E-state index is -3.60. The fraction of sp³-hybridized carbons (Fsp3) is 0.182. The second kappa shape index (κ2) is 8.05. The van der Waals surface area contributed by atoms with Crippen molar-refractivity contribution in [3.8, 4) is 22.1 Å². The summed E-state index contributed by atoms with van der Waals surface area (Å²) in [6.45, 7) is 0.153. The van der Waals surface area contributed by atoms with Gasteiger partial charge in [0.2, 0.25) is 15.9 Å². The number of carbonyl (C=O) groups excluding carboxylic acids is 1. The molecule has 10 heteroatoms. The van der Waals surface area contributed by atoms with E-state index in [0.717, 1.165) is 17.4 Å². The van der Waals surface area contributed by atoms with Gasteiger partial charge in [-0.25, -0.2) is 13.4 Å². The number of nitrogens with zero attached hydrogens (tertiary/aromatic N) is 2. The molecule has 0 saturated carbocycles. The van der Waals surface area contributed by atoms with Gasteiger partial charge in [-0.05, 0) is 41.8 Å². The van der Waals surface area contributed by atoms with E-state index in [4.69, 9.17) is 8.83 Å². The molecule has 32 heavy (non-hydrogen) atoms. The number of furan rings is 2. The second-order valence-electron chi connectivity index (χ2n) is 7.44. The zero-order valence-corrected chi connectivity index (χ0v) is 18.7. The summed E-state index contributed by atoms with van der Waals surface area (Å²) in [6, 6.07) is 13.8. The van der Waals surface area contributed by atoms with E-state index in [1.807, 2.05) is 24.3 Å². The molecule has 0 aliphatic carbocycles. The van der Waals surface area contributed by atoms with Crippen LogP contribution in [0.4, 0.5) is 5.13 Å². The van der Waals surface area contributed by atoms with Crippen molar-refractivity contribution in [2.24, 2.45) is 0 Å². The van der Waals surface area contributed by atoms with Gasteiger partial charge in [0.25, 0.3) is 0 Å². The SMILES string of the molecule is CS(=O)(=O)N1Cc2ccccc2C[C@@H]1C(=O)Nc1nc(-c2ccco2)c(-c2ccco2)s1. The highest BCUT2D eigenvalue weighted by molar-refractivity contribution is 7.88. The molecule has 3 aromatic heterocycles. The fourth-order valence-corrected chi connectivity index (χ4v) is 5.74. The van der Waals surface area contributed by atoms with Gasteiger partial charge in [-0.3, -0.25) is 4.79 Å². The molecule has 1 N–H and O–H groups in total. The van der Waals surface area contributed by atoms with E-state index in [9.17, 15) is 13.2 Å². The van der Waals surface area contributed by atoms with E-state index in [1.54, 1.807) is 36.8 Å². The highest BCUT2D eigenvalue weighted by atomic mass is 32.2. The van der Waals surface area contributed by atoms with Crippen LogP contribution in [0.3, 0.4) is 0 Å². The van der Waals surface area contributed by atoms with Crippen molar-refractivity contribution in [2.75, 3.05) is 11.6 Å². The van der Waals surface area contributed by atoms with Crippen LogP contribution in [-0.4, -0.2) is 35.9 Å². The summed E-state index contributed by atoms with van der Waals surface area (Å²) in [5.74, 6) is 0.701. The number of amides is 1. The Morgan fingerprint density at radius 2 is 1.75 bits per heavy atom. The smallest absolute Gasteiger partial charge is 0.244 e. The van der Waals surface area contributed by atoms with E-state index in [-0.39, 0.29) is 13.0 Å². The molecule has 1 atom stereocenters. The van der Waals surface area contributed by atoms with Gasteiger partial charge in [0.1, 0.15) is 22.4 Å². The number of carbonyl (C=O) groups is 1. The number of benzene rings is 1. The summed E-state index contributed by atoms with van der Waals surface area (Å²) in [5.41, 5.74) is 2.40. The van der Waals surface area contributed by atoms with Gasteiger partial charge in [0, 0.05) is 6.54 Å². The average molecular weight is 470 g/mol. The van der Waals surface area contributed by atoms with E-state index < -0.39 is 22.0 Å². The minimum absolute atomic E-state index is 0.153. The Hall–Kier alpha value is -3.21. The lowest BCUT2D eigenvalue weighted by Crippen LogP contribution is -2.50. The maximum Gasteiger partial charge on any atom is 0.244 e. The molecule has 0 spiro atoms. The molecule has 1 aliphatic rings. The Kier molecular flexibility index (Phi) is 5.20. The van der Waals surface area contributed by atoms with Crippen molar-refractivity contribution >= 4 is 32.4 Å². The first kappa shape index (κ1) is 20.7. The van der Waals surface area contributed by atoms with E-state index in [0.29, 0.717) is 27.2 Å². The lowest BCUT2D eigenvalue weighted by Gasteiger charge is -2.33. The van der Waals surface area contributed by atoms with Crippen LogP contribution in [0.5, 0.6) is 0 Å². The zero-order valence-electron chi connectivity index (χ0n) is 17.0. The molecule has 8 nitrogen and oxygen atoms in total. The Labute approximate surface area is 188 Å². The summed E-state index contributed by atoms with van der Waals surface area (Å²) < 4.78 is 37.1. The van der Waals surface area contributed by atoms with Gasteiger partial charge in [-0.15, -0.1) is 0 Å². The molecule has 0 fully saturated rings. The average Bonchev–Trinajstić information content (AvgIpc) is 3.52. The third kappa shape index (κ3) is 3.88. The summed E-state index contributed by atoms with van der Waals surface area (Å²) in [5, 5.41) is 3.14. The van der Waals surface area contributed by atoms with Crippen LogP contribution in [0.25, 0.3) is 22.1 Å². The Bertz CT molecular complexity index is 1310. The molecule has 1 aliphatic heterocycles. The quantitative estimate of drug-likeness (QED) is 0.474. The number of rotatable bonds is 5. The third-order valence-corrected chi connectivity index (χ3v) is 7.51. The van der Waals surface area contributed by atoms with Crippen LogP contribution in [0.1, 0.15) is 11.1 Å². The van der Waals surface area contributed by atoms with Gasteiger partial charge in [-0.1, -0.05) is 35.6 Å². The van der Waals surface area contributed by atoms with E-state index >= 15 is 0 Å². The largest absolute Gasteiger partial charge is 0.463 e. The van der Waals surface area contributed by atoms with Gasteiger partial charge in [0.05, 0.1) is 18.8 Å². The molecule has 5 rings (SSSR count). The van der Waals surface area contributed by atoms with Crippen LogP contribution in [-0.2, 0) is 27.8 Å². The number of anilines is 1. The highest BCUT2D eigenvalue weighted by Crippen LogP contribution is 2.39. The minimum Gasteiger partial charge on any atom is -0.463 e. The second-order valence-corrected chi connectivity index (χ2v) is 10.4. The molecule has 1 aromatic carbocycles. The number of aromatic nitrogens is 1. The van der Waals surface area contributed by atoms with Gasteiger partial charge >= 0.3 is 0 Å². The highest BCUT2D eigenvalue weighted by Gasteiger charge is 2.37. The lowest BCUT2D eigenvalue weighted by molar-refractivity contribution is -0.120. The maximum absolute atomic E-state index is 13.2. The van der Waals surface area contributed by atoms with Crippen LogP contribution in [0.2, 0.25) is 0 Å². The number of hydrogen-bond acceptors (Lipinski definition) is 7. The topological polar surface area (TPSA) is 106 Å². The predicted molar refractivity (Wildman–Crippen MR) is 120 cm³/mol. The fourth-order valence-electron chi connectivity index (χ4n) is 3.79. The van der Waals surface area contributed by atoms with Crippen LogP contribution in [0.15, 0.2) is 69.9 Å². The van der Waals surface area contributed by atoms with Crippen molar-refractivity contribution < 1.29 is 22.0 Å². The zero-order chi connectivity index (χ0) is 22.3. The molecule has 0 saturated heterocycles. The number of hydrogen-bond donors (Lipinski definition) is 1. The standard InChI is InChI=1S/C22H19N3O5S2/c1-32(27,28)25-13-15-7-3-2-6-14(15)12-16(25)21(26)24-22-23-19(17-8-4-10-29-17)20(31-22)18-9-5-11-30-18/h2-11,16H,12-13H2,1H3,(H,23,24,26)/t16-/m1/s1.